The summed E-state index contributed by atoms with van der Waals surface area (Å²) in [5.41, 5.74) is 4.94. The number of aliphatic hydroxyl groups excluding tert-OH is 1. The molecule has 4 rings (SSSR count). The van der Waals surface area contributed by atoms with Gasteiger partial charge >= 0.3 is 6.03 Å². The number of carbonyl (C=O) groups excluding carboxylic acids is 1. The van der Waals surface area contributed by atoms with Crippen LogP contribution in [0.1, 0.15) is 54.2 Å². The molecule has 1 aromatic heterocycles. The fraction of sp³-hybridized carbons (Fsp3) is 0.419. The zero-order valence-corrected chi connectivity index (χ0v) is 23.0. The van der Waals surface area contributed by atoms with Gasteiger partial charge in [-0.3, -0.25) is 4.98 Å². The number of urea groups is 1. The summed E-state index contributed by atoms with van der Waals surface area (Å²) in [6, 6.07) is 21.8. The lowest BCUT2D eigenvalue weighted by atomic mass is 9.90. The van der Waals surface area contributed by atoms with Gasteiger partial charge in [-0.15, -0.1) is 0 Å². The highest BCUT2D eigenvalue weighted by Gasteiger charge is 2.38. The van der Waals surface area contributed by atoms with Gasteiger partial charge in [0.15, 0.2) is 6.29 Å². The Morgan fingerprint density at radius 3 is 2.36 bits per heavy atom. The normalized spacial score (nSPS) is 21.1. The highest BCUT2D eigenvalue weighted by atomic mass is 16.7. The lowest BCUT2D eigenvalue weighted by Gasteiger charge is -2.42. The number of nitrogens with one attached hydrogen (secondary N) is 2. The fourth-order valence-corrected chi connectivity index (χ4v) is 4.78. The number of hydrogen-bond acceptors (Lipinski definition) is 6. The van der Waals surface area contributed by atoms with Crippen molar-refractivity contribution in [2.24, 2.45) is 5.92 Å². The summed E-state index contributed by atoms with van der Waals surface area (Å²) in [5.74, 6) is 0.110. The number of ether oxygens (including phenoxy) is 2. The van der Waals surface area contributed by atoms with E-state index in [9.17, 15) is 9.90 Å². The van der Waals surface area contributed by atoms with Crippen LogP contribution in [0.15, 0.2) is 72.9 Å². The van der Waals surface area contributed by atoms with Gasteiger partial charge in [0.1, 0.15) is 0 Å². The molecule has 3 aromatic rings. The van der Waals surface area contributed by atoms with Crippen molar-refractivity contribution in [2.75, 3.05) is 26.7 Å². The van der Waals surface area contributed by atoms with Crippen LogP contribution in [-0.4, -0.2) is 53.8 Å². The smallest absolute Gasteiger partial charge is 0.315 e. The molecule has 1 saturated heterocycles. The lowest BCUT2D eigenvalue weighted by molar-refractivity contribution is -0.275. The van der Waals surface area contributed by atoms with Crippen LogP contribution < -0.4 is 10.6 Å². The molecule has 1 aliphatic heterocycles. The molecule has 8 nitrogen and oxygen atoms in total. The zero-order chi connectivity index (χ0) is 27.6. The molecular formula is C31H40N4O4. The van der Waals surface area contributed by atoms with Crippen LogP contribution in [0, 0.1) is 5.92 Å². The maximum absolute atomic E-state index is 11.7. The van der Waals surface area contributed by atoms with Crippen LogP contribution in [0.3, 0.4) is 0 Å². The van der Waals surface area contributed by atoms with Crippen molar-refractivity contribution >= 4 is 6.03 Å². The molecule has 0 spiro atoms. The average molecular weight is 533 g/mol. The molecule has 2 heterocycles. The number of rotatable bonds is 11. The van der Waals surface area contributed by atoms with Crippen LogP contribution >= 0.6 is 0 Å². The van der Waals surface area contributed by atoms with Crippen molar-refractivity contribution < 1.29 is 19.4 Å². The molecule has 0 radical (unpaired) electrons. The van der Waals surface area contributed by atoms with E-state index in [2.05, 4.69) is 40.6 Å². The van der Waals surface area contributed by atoms with Crippen LogP contribution in [-0.2, 0) is 29.0 Å². The van der Waals surface area contributed by atoms with Gasteiger partial charge in [-0.25, -0.2) is 4.79 Å². The van der Waals surface area contributed by atoms with Gasteiger partial charge in [0.05, 0.1) is 18.8 Å². The number of carbonyl (C=O) groups is 1. The second-order valence-corrected chi connectivity index (χ2v) is 10.1. The van der Waals surface area contributed by atoms with Crippen molar-refractivity contribution in [3.05, 3.63) is 101 Å². The average Bonchev–Trinajstić information content (AvgIpc) is 2.97. The molecule has 8 heteroatoms. The lowest BCUT2D eigenvalue weighted by Crippen LogP contribution is -2.44. The van der Waals surface area contributed by atoms with E-state index in [4.69, 9.17) is 9.47 Å². The molecule has 0 bridgehead atoms. The molecule has 1 fully saturated rings. The van der Waals surface area contributed by atoms with E-state index in [0.717, 1.165) is 47.5 Å². The molecule has 4 atom stereocenters. The van der Waals surface area contributed by atoms with Crippen molar-refractivity contribution in [2.45, 2.75) is 51.9 Å². The van der Waals surface area contributed by atoms with Crippen molar-refractivity contribution in [3.63, 3.8) is 0 Å². The SMILES string of the molecule is CCNC(=O)NCc1ccc([C@@H]2O[C@H](CN(C)CCc3ccccn3)[C@H](C)[C@H](c3ccc(CO)cc3)O2)cc1. The molecule has 1 aliphatic rings. The first-order valence-electron chi connectivity index (χ1n) is 13.7. The van der Waals surface area contributed by atoms with Crippen LogP contribution in [0.25, 0.3) is 0 Å². The summed E-state index contributed by atoms with van der Waals surface area (Å²) >= 11 is 0. The van der Waals surface area contributed by atoms with Gasteiger partial charge < -0.3 is 30.1 Å². The van der Waals surface area contributed by atoms with Crippen LogP contribution in [0.5, 0.6) is 0 Å². The number of amides is 2. The molecule has 0 unspecified atom stereocenters. The number of pyridine rings is 1. The Hall–Kier alpha value is -3.30. The minimum absolute atomic E-state index is 0.0120. The summed E-state index contributed by atoms with van der Waals surface area (Å²) < 4.78 is 13.1. The highest BCUT2D eigenvalue weighted by molar-refractivity contribution is 5.73. The predicted octanol–water partition coefficient (Wildman–Crippen LogP) is 4.36. The number of aliphatic hydroxyl groups is 1. The summed E-state index contributed by atoms with van der Waals surface area (Å²) in [6.07, 6.45) is 1.96. The molecule has 39 heavy (non-hydrogen) atoms. The standard InChI is InChI=1S/C31H40N4O4/c1-4-32-31(37)34-19-23-8-14-26(15-9-23)30-38-28(20-35(3)18-16-27-7-5-6-17-33-27)22(2)29(39-30)25-12-10-24(21-36)11-13-25/h5-15,17,22,28-30,36H,4,16,18-21H2,1-3H3,(H2,32,34,37)/t22-,28+,29+,30+/m0/s1. The van der Waals surface area contributed by atoms with E-state index in [1.54, 1.807) is 0 Å². The third-order valence-corrected chi connectivity index (χ3v) is 7.13. The van der Waals surface area contributed by atoms with Gasteiger partial charge in [0.2, 0.25) is 0 Å². The van der Waals surface area contributed by atoms with Crippen LogP contribution in [0.2, 0.25) is 0 Å². The van der Waals surface area contributed by atoms with Gasteiger partial charge in [0.25, 0.3) is 0 Å². The first-order chi connectivity index (χ1) is 19.0. The summed E-state index contributed by atoms with van der Waals surface area (Å²) in [7, 11) is 2.12. The maximum Gasteiger partial charge on any atom is 0.315 e. The van der Waals surface area contributed by atoms with Crippen molar-refractivity contribution in [1.82, 2.24) is 20.5 Å². The van der Waals surface area contributed by atoms with E-state index >= 15 is 0 Å². The van der Waals surface area contributed by atoms with Crippen LogP contribution in [0.4, 0.5) is 4.79 Å². The van der Waals surface area contributed by atoms with Gasteiger partial charge in [-0.2, -0.15) is 0 Å². The number of benzene rings is 2. The second-order valence-electron chi connectivity index (χ2n) is 10.1. The third-order valence-electron chi connectivity index (χ3n) is 7.13. The molecule has 0 aliphatic carbocycles. The minimum Gasteiger partial charge on any atom is -0.392 e. The topological polar surface area (TPSA) is 96.0 Å². The van der Waals surface area contributed by atoms with Crippen molar-refractivity contribution in [1.29, 1.82) is 0 Å². The molecule has 208 valence electrons. The van der Waals surface area contributed by atoms with Gasteiger partial charge in [-0.05, 0) is 42.8 Å². The molecule has 2 amide bonds. The Morgan fingerprint density at radius 1 is 0.974 bits per heavy atom. The number of hydrogen-bond donors (Lipinski definition) is 3. The monoisotopic (exact) mass is 532 g/mol. The Balaban J connectivity index is 1.47. The third kappa shape index (κ3) is 8.10. The molecule has 2 aromatic carbocycles. The summed E-state index contributed by atoms with van der Waals surface area (Å²) in [5, 5.41) is 15.1. The first-order valence-corrected chi connectivity index (χ1v) is 13.7. The van der Waals surface area contributed by atoms with Crippen molar-refractivity contribution in [3.8, 4) is 0 Å². The Kier molecular flexibility index (Phi) is 10.4. The molecular weight excluding hydrogens is 492 g/mol. The Bertz CT molecular complexity index is 1160. The van der Waals surface area contributed by atoms with Gasteiger partial charge in [0, 0.05) is 56.0 Å². The largest absolute Gasteiger partial charge is 0.392 e. The number of likely N-dealkylation sites (N-methyl/N-ethyl adjacent to an activating group) is 1. The highest BCUT2D eigenvalue weighted by Crippen LogP contribution is 2.41. The molecule has 3 N–H and O–H groups in total. The second kappa shape index (κ2) is 14.2. The number of aromatic nitrogens is 1. The quantitative estimate of drug-likeness (QED) is 0.340. The Morgan fingerprint density at radius 2 is 1.69 bits per heavy atom. The van der Waals surface area contributed by atoms with E-state index in [1.807, 2.05) is 73.8 Å². The minimum atomic E-state index is -0.525. The summed E-state index contributed by atoms with van der Waals surface area (Å²) in [4.78, 5) is 18.5. The predicted molar refractivity (Wildman–Crippen MR) is 151 cm³/mol. The van der Waals surface area contributed by atoms with E-state index in [1.165, 1.54) is 0 Å². The number of nitrogens with zero attached hydrogens (tertiary/aromatic N) is 2. The summed E-state index contributed by atoms with van der Waals surface area (Å²) in [6.45, 7) is 6.74. The molecule has 0 saturated carbocycles. The van der Waals surface area contributed by atoms with Gasteiger partial charge in [-0.1, -0.05) is 61.5 Å². The first kappa shape index (κ1) is 28.7. The maximum atomic E-state index is 11.7. The van der Waals surface area contributed by atoms with E-state index in [0.29, 0.717) is 13.1 Å². The zero-order valence-electron chi connectivity index (χ0n) is 23.0. The van der Waals surface area contributed by atoms with E-state index < -0.39 is 6.29 Å². The fourth-order valence-electron chi connectivity index (χ4n) is 4.78. The Labute approximate surface area is 231 Å². The van der Waals surface area contributed by atoms with E-state index in [-0.39, 0.29) is 30.8 Å².